The Balaban J connectivity index is 2.51. The van der Waals surface area contributed by atoms with E-state index in [0.29, 0.717) is 5.56 Å². The van der Waals surface area contributed by atoms with Crippen LogP contribution < -0.4 is 4.74 Å². The maximum atomic E-state index is 14.2. The maximum absolute atomic E-state index is 14.2. The van der Waals surface area contributed by atoms with Gasteiger partial charge in [0.1, 0.15) is 5.60 Å². The van der Waals surface area contributed by atoms with Crippen LogP contribution in [0.15, 0.2) is 12.1 Å². The smallest absolute Gasteiger partial charge is 0.336 e. The molecule has 0 N–H and O–H groups in total. The second-order valence-electron chi connectivity index (χ2n) is 8.17. The zero-order valence-corrected chi connectivity index (χ0v) is 16.4. The number of benzene rings is 1. The standard InChI is InChI=1S/C20H28F2O4/c1-10(2)16-11(3)14(18(25-16)19(23)26-20(4,5)6)12-8-9-13(21)15(22)17(12)24-7/h8-11,14,16,18H,1-7H3. The van der Waals surface area contributed by atoms with Crippen LogP contribution in [0, 0.1) is 23.5 Å². The molecule has 1 aliphatic rings. The van der Waals surface area contributed by atoms with Crippen LogP contribution in [0.2, 0.25) is 0 Å². The lowest BCUT2D eigenvalue weighted by molar-refractivity contribution is -0.169. The third kappa shape index (κ3) is 4.00. The van der Waals surface area contributed by atoms with Crippen LogP contribution in [0.25, 0.3) is 0 Å². The van der Waals surface area contributed by atoms with E-state index in [-0.39, 0.29) is 23.7 Å². The lowest BCUT2D eigenvalue weighted by Gasteiger charge is -2.26. The molecule has 1 aromatic rings. The maximum Gasteiger partial charge on any atom is 0.336 e. The van der Waals surface area contributed by atoms with Crippen LogP contribution in [-0.2, 0) is 14.3 Å². The fourth-order valence-electron chi connectivity index (χ4n) is 3.65. The molecule has 0 radical (unpaired) electrons. The van der Waals surface area contributed by atoms with E-state index in [1.807, 2.05) is 20.8 Å². The minimum Gasteiger partial charge on any atom is -0.493 e. The molecule has 1 heterocycles. The minimum absolute atomic E-state index is 0.105. The van der Waals surface area contributed by atoms with Crippen molar-refractivity contribution in [3.8, 4) is 5.75 Å². The molecule has 4 unspecified atom stereocenters. The summed E-state index contributed by atoms with van der Waals surface area (Å²) in [6.07, 6.45) is -1.12. The summed E-state index contributed by atoms with van der Waals surface area (Å²) in [6.45, 7) is 11.3. The van der Waals surface area contributed by atoms with Gasteiger partial charge in [-0.05, 0) is 38.7 Å². The number of hydrogen-bond acceptors (Lipinski definition) is 4. The van der Waals surface area contributed by atoms with E-state index in [0.717, 1.165) is 6.07 Å². The molecule has 26 heavy (non-hydrogen) atoms. The SMILES string of the molecule is COc1c(C2C(C(=O)OC(C)(C)C)OC(C(C)C)C2C)ccc(F)c1F. The van der Waals surface area contributed by atoms with Gasteiger partial charge in [0.15, 0.2) is 17.7 Å². The molecule has 0 saturated carbocycles. The molecule has 4 atom stereocenters. The summed E-state index contributed by atoms with van der Waals surface area (Å²) >= 11 is 0. The first-order chi connectivity index (χ1) is 12.0. The largest absolute Gasteiger partial charge is 0.493 e. The molecule has 1 aromatic carbocycles. The first-order valence-electron chi connectivity index (χ1n) is 8.88. The van der Waals surface area contributed by atoms with Gasteiger partial charge in [0.25, 0.3) is 0 Å². The molecule has 0 amide bonds. The lowest BCUT2D eigenvalue weighted by atomic mass is 9.80. The number of hydrogen-bond donors (Lipinski definition) is 0. The third-order valence-corrected chi connectivity index (χ3v) is 4.65. The van der Waals surface area contributed by atoms with Gasteiger partial charge in [0, 0.05) is 11.5 Å². The van der Waals surface area contributed by atoms with Gasteiger partial charge in [-0.1, -0.05) is 26.8 Å². The summed E-state index contributed by atoms with van der Waals surface area (Å²) < 4.78 is 44.5. The van der Waals surface area contributed by atoms with Gasteiger partial charge >= 0.3 is 5.97 Å². The molecule has 0 aliphatic carbocycles. The predicted molar refractivity (Wildman–Crippen MR) is 94.2 cm³/mol. The molecule has 1 saturated heterocycles. The van der Waals surface area contributed by atoms with Crippen LogP contribution >= 0.6 is 0 Å². The van der Waals surface area contributed by atoms with Crippen molar-refractivity contribution in [3.05, 3.63) is 29.3 Å². The van der Waals surface area contributed by atoms with Crippen molar-refractivity contribution in [1.82, 2.24) is 0 Å². The van der Waals surface area contributed by atoms with E-state index >= 15 is 0 Å². The van der Waals surface area contributed by atoms with Gasteiger partial charge in [-0.3, -0.25) is 0 Å². The number of methoxy groups -OCH3 is 1. The number of rotatable bonds is 4. The van der Waals surface area contributed by atoms with Crippen molar-refractivity contribution >= 4 is 5.97 Å². The quantitative estimate of drug-likeness (QED) is 0.734. The average molecular weight is 370 g/mol. The molecule has 6 heteroatoms. The van der Waals surface area contributed by atoms with E-state index in [2.05, 4.69) is 0 Å². The molecule has 2 rings (SSSR count). The minimum atomic E-state index is -1.06. The topological polar surface area (TPSA) is 44.8 Å². The highest BCUT2D eigenvalue weighted by Crippen LogP contribution is 2.46. The van der Waals surface area contributed by atoms with Crippen LogP contribution in [0.1, 0.15) is 53.0 Å². The molecular weight excluding hydrogens is 342 g/mol. The Labute approximate surface area is 153 Å². The number of carbonyl (C=O) groups is 1. The normalized spacial score (nSPS) is 26.2. The monoisotopic (exact) mass is 370 g/mol. The Morgan fingerprint density at radius 3 is 2.35 bits per heavy atom. The number of carbonyl (C=O) groups excluding carboxylic acids is 1. The van der Waals surface area contributed by atoms with Crippen LogP contribution in [0.4, 0.5) is 8.78 Å². The molecule has 146 valence electrons. The Kier molecular flexibility index (Phi) is 5.95. The molecule has 1 fully saturated rings. The summed E-state index contributed by atoms with van der Waals surface area (Å²) in [5, 5.41) is 0. The lowest BCUT2D eigenvalue weighted by Crippen LogP contribution is -2.35. The zero-order valence-electron chi connectivity index (χ0n) is 16.4. The van der Waals surface area contributed by atoms with Crippen molar-refractivity contribution in [1.29, 1.82) is 0 Å². The molecule has 0 bridgehead atoms. The molecule has 0 aromatic heterocycles. The third-order valence-electron chi connectivity index (χ3n) is 4.65. The second-order valence-corrected chi connectivity index (χ2v) is 8.17. The van der Waals surface area contributed by atoms with E-state index in [1.54, 1.807) is 20.8 Å². The predicted octanol–water partition coefficient (Wildman–Crippen LogP) is 4.46. The van der Waals surface area contributed by atoms with Crippen molar-refractivity contribution in [3.63, 3.8) is 0 Å². The summed E-state index contributed by atoms with van der Waals surface area (Å²) in [5.41, 5.74) is -0.264. The van der Waals surface area contributed by atoms with Crippen molar-refractivity contribution in [2.45, 2.75) is 65.3 Å². The highest BCUT2D eigenvalue weighted by molar-refractivity contribution is 5.77. The molecule has 0 spiro atoms. The summed E-state index contributed by atoms with van der Waals surface area (Å²) in [7, 11) is 1.28. The highest BCUT2D eigenvalue weighted by atomic mass is 19.2. The van der Waals surface area contributed by atoms with E-state index < -0.39 is 35.2 Å². The Hall–Kier alpha value is -1.69. The highest BCUT2D eigenvalue weighted by Gasteiger charge is 2.49. The fraction of sp³-hybridized carbons (Fsp3) is 0.650. The first kappa shape index (κ1) is 20.6. The van der Waals surface area contributed by atoms with E-state index in [1.165, 1.54) is 13.2 Å². The zero-order chi connectivity index (χ0) is 19.8. The molecule has 4 nitrogen and oxygen atoms in total. The molecule has 1 aliphatic heterocycles. The summed E-state index contributed by atoms with van der Waals surface area (Å²) in [6, 6.07) is 2.51. The molecular formula is C20H28F2O4. The van der Waals surface area contributed by atoms with E-state index in [9.17, 15) is 13.6 Å². The van der Waals surface area contributed by atoms with Crippen molar-refractivity contribution < 1.29 is 27.8 Å². The Bertz CT molecular complexity index is 667. The fourth-order valence-corrected chi connectivity index (χ4v) is 3.65. The Morgan fingerprint density at radius 2 is 1.85 bits per heavy atom. The Morgan fingerprint density at radius 1 is 1.23 bits per heavy atom. The number of halogens is 2. The number of esters is 1. The van der Waals surface area contributed by atoms with Crippen molar-refractivity contribution in [2.75, 3.05) is 7.11 Å². The van der Waals surface area contributed by atoms with Gasteiger partial charge in [-0.2, -0.15) is 4.39 Å². The summed E-state index contributed by atoms with van der Waals surface area (Å²) in [5.74, 6) is -3.21. The van der Waals surface area contributed by atoms with Gasteiger partial charge in [-0.15, -0.1) is 0 Å². The summed E-state index contributed by atoms with van der Waals surface area (Å²) in [4.78, 5) is 12.8. The van der Waals surface area contributed by atoms with Crippen LogP contribution in [-0.4, -0.2) is 30.9 Å². The first-order valence-corrected chi connectivity index (χ1v) is 8.88. The van der Waals surface area contributed by atoms with Crippen LogP contribution in [0.3, 0.4) is 0 Å². The number of ether oxygens (including phenoxy) is 3. The second kappa shape index (κ2) is 7.51. The van der Waals surface area contributed by atoms with Gasteiger partial charge < -0.3 is 14.2 Å². The van der Waals surface area contributed by atoms with Crippen molar-refractivity contribution in [2.24, 2.45) is 11.8 Å². The van der Waals surface area contributed by atoms with Gasteiger partial charge in [0.05, 0.1) is 13.2 Å². The average Bonchev–Trinajstić information content (AvgIpc) is 2.86. The van der Waals surface area contributed by atoms with Crippen LogP contribution in [0.5, 0.6) is 5.75 Å². The van der Waals surface area contributed by atoms with Gasteiger partial charge in [0.2, 0.25) is 5.82 Å². The van der Waals surface area contributed by atoms with Gasteiger partial charge in [-0.25, -0.2) is 9.18 Å². The van der Waals surface area contributed by atoms with E-state index in [4.69, 9.17) is 14.2 Å².